The summed E-state index contributed by atoms with van der Waals surface area (Å²) in [6.45, 7) is 10.0. The van der Waals surface area contributed by atoms with Crippen molar-refractivity contribution in [2.75, 3.05) is 13.7 Å². The lowest BCUT2D eigenvalue weighted by Crippen LogP contribution is -2.63. The summed E-state index contributed by atoms with van der Waals surface area (Å²) in [7, 11) is 1.71. The predicted molar refractivity (Wildman–Crippen MR) is 132 cm³/mol. The largest absolute Gasteiger partial charge is 0.497 e. The standard InChI is InChI=1S/C30H40O4/c1-18-12-14-34-30(18)13-11-25-23-15-19(2)29(32)16-21(31)7-10-26(29)27(23)24(17-28(25,30)3)20-5-8-22(33-4)9-6-20/h5-6,8-9,19,23-27,32H,1,7,10-17H2,2-4H3/t19-,23+,24-,25+,26-,27-,28+,29+,30+/m1/s1. The van der Waals surface area contributed by atoms with Gasteiger partial charge in [0.25, 0.3) is 0 Å². The highest BCUT2D eigenvalue weighted by Gasteiger charge is 2.69. The summed E-state index contributed by atoms with van der Waals surface area (Å²) in [5, 5.41) is 12.0. The van der Waals surface area contributed by atoms with Crippen LogP contribution in [0.1, 0.15) is 76.7 Å². The molecule has 34 heavy (non-hydrogen) atoms. The molecular formula is C30H40O4. The zero-order valence-corrected chi connectivity index (χ0v) is 21.0. The zero-order valence-electron chi connectivity index (χ0n) is 21.0. The van der Waals surface area contributed by atoms with E-state index in [4.69, 9.17) is 9.47 Å². The van der Waals surface area contributed by atoms with Crippen molar-refractivity contribution in [1.29, 1.82) is 0 Å². The average Bonchev–Trinajstić information content (AvgIpc) is 3.34. The van der Waals surface area contributed by atoms with E-state index in [0.29, 0.717) is 36.5 Å². The Labute approximate surface area is 204 Å². The van der Waals surface area contributed by atoms with Crippen molar-refractivity contribution in [1.82, 2.24) is 0 Å². The van der Waals surface area contributed by atoms with Gasteiger partial charge in [0, 0.05) is 18.3 Å². The minimum atomic E-state index is -0.862. The summed E-state index contributed by atoms with van der Waals surface area (Å²) in [6.07, 6.45) is 7.07. The van der Waals surface area contributed by atoms with Crippen molar-refractivity contribution in [3.63, 3.8) is 0 Å². The molecule has 6 rings (SSSR count). The Kier molecular flexibility index (Phi) is 5.14. The highest BCUT2D eigenvalue weighted by Crippen LogP contribution is 2.72. The molecule has 5 aliphatic rings. The molecule has 1 aromatic carbocycles. The average molecular weight is 465 g/mol. The molecular weight excluding hydrogens is 424 g/mol. The summed E-state index contributed by atoms with van der Waals surface area (Å²) in [5.74, 6) is 3.28. The summed E-state index contributed by atoms with van der Waals surface area (Å²) in [6, 6.07) is 8.63. The molecule has 4 nitrogen and oxygen atoms in total. The third-order valence-electron chi connectivity index (χ3n) is 11.3. The Balaban J connectivity index is 1.48. The molecule has 0 bridgehead atoms. The van der Waals surface area contributed by atoms with Crippen LogP contribution in [0.2, 0.25) is 0 Å². The normalized spacial score (nSPS) is 47.9. The number of hydrogen-bond donors (Lipinski definition) is 1. The Morgan fingerprint density at radius 2 is 1.91 bits per heavy atom. The minimum absolute atomic E-state index is 0.0476. The lowest BCUT2D eigenvalue weighted by atomic mass is 9.43. The Morgan fingerprint density at radius 3 is 2.59 bits per heavy atom. The summed E-state index contributed by atoms with van der Waals surface area (Å²) < 4.78 is 12.1. The third-order valence-corrected chi connectivity index (χ3v) is 11.3. The molecule has 4 heteroatoms. The van der Waals surface area contributed by atoms with E-state index in [2.05, 4.69) is 44.7 Å². The fraction of sp³-hybridized carbons (Fsp3) is 0.700. The van der Waals surface area contributed by atoms with Crippen LogP contribution < -0.4 is 4.74 Å². The number of fused-ring (bicyclic) bond motifs is 6. The van der Waals surface area contributed by atoms with Crippen molar-refractivity contribution >= 4 is 5.78 Å². The van der Waals surface area contributed by atoms with Crippen LogP contribution in [0.5, 0.6) is 5.75 Å². The van der Waals surface area contributed by atoms with Gasteiger partial charge in [-0.1, -0.05) is 32.6 Å². The summed E-state index contributed by atoms with van der Waals surface area (Å²) in [4.78, 5) is 12.5. The molecule has 1 heterocycles. The second-order valence-electron chi connectivity index (χ2n) is 12.4. The number of Topliss-reactive ketones (excluding diaryl/α,β-unsaturated/α-hetero) is 1. The van der Waals surface area contributed by atoms with Gasteiger partial charge in [-0.25, -0.2) is 0 Å². The fourth-order valence-electron chi connectivity index (χ4n) is 9.77. The van der Waals surface area contributed by atoms with Crippen LogP contribution in [0.3, 0.4) is 0 Å². The smallest absolute Gasteiger partial charge is 0.135 e. The van der Waals surface area contributed by atoms with E-state index in [9.17, 15) is 9.90 Å². The molecule has 4 aliphatic carbocycles. The summed E-state index contributed by atoms with van der Waals surface area (Å²) in [5.41, 5.74) is 1.63. The van der Waals surface area contributed by atoms with Gasteiger partial charge in [-0.3, -0.25) is 4.79 Å². The monoisotopic (exact) mass is 464 g/mol. The Bertz CT molecular complexity index is 1000. The molecule has 0 radical (unpaired) electrons. The maximum absolute atomic E-state index is 12.5. The van der Waals surface area contributed by atoms with Crippen molar-refractivity contribution < 1.29 is 19.4 Å². The minimum Gasteiger partial charge on any atom is -0.497 e. The van der Waals surface area contributed by atoms with Gasteiger partial charge < -0.3 is 14.6 Å². The quantitative estimate of drug-likeness (QED) is 0.572. The maximum Gasteiger partial charge on any atom is 0.135 e. The SMILES string of the molecule is C=C1CCO[C@@]12CC[C@H]1[C@@H]3C[C@@H](C)[C@@]4(O)CC(=O)CC[C@@H]4[C@H]3[C@@H](c3ccc(OC)cc3)C[C@@]12C. The van der Waals surface area contributed by atoms with Crippen LogP contribution in [0.4, 0.5) is 0 Å². The first-order chi connectivity index (χ1) is 16.2. The summed E-state index contributed by atoms with van der Waals surface area (Å²) >= 11 is 0. The number of aliphatic hydroxyl groups is 1. The van der Waals surface area contributed by atoms with Crippen molar-refractivity contribution in [2.45, 2.75) is 82.3 Å². The molecule has 0 unspecified atom stereocenters. The lowest BCUT2D eigenvalue weighted by Gasteiger charge is -2.63. The van der Waals surface area contributed by atoms with Crippen LogP contribution in [0.25, 0.3) is 0 Å². The first-order valence-corrected chi connectivity index (χ1v) is 13.4. The highest BCUT2D eigenvalue weighted by molar-refractivity contribution is 5.80. The van der Waals surface area contributed by atoms with Crippen LogP contribution in [-0.4, -0.2) is 35.8 Å². The Morgan fingerprint density at radius 1 is 1.15 bits per heavy atom. The van der Waals surface area contributed by atoms with E-state index in [-0.39, 0.29) is 28.6 Å². The van der Waals surface area contributed by atoms with Crippen molar-refractivity contribution in [3.05, 3.63) is 42.0 Å². The van der Waals surface area contributed by atoms with E-state index < -0.39 is 5.60 Å². The number of ether oxygens (including phenoxy) is 2. The second kappa shape index (κ2) is 7.67. The van der Waals surface area contributed by atoms with E-state index in [0.717, 1.165) is 44.5 Å². The molecule has 0 amide bonds. The number of rotatable bonds is 2. The van der Waals surface area contributed by atoms with E-state index in [1.807, 2.05) is 0 Å². The van der Waals surface area contributed by atoms with Gasteiger partial charge in [-0.15, -0.1) is 0 Å². The van der Waals surface area contributed by atoms with Gasteiger partial charge in [0.1, 0.15) is 11.5 Å². The number of ketones is 1. The van der Waals surface area contributed by atoms with Gasteiger partial charge in [0.15, 0.2) is 0 Å². The van der Waals surface area contributed by atoms with Crippen LogP contribution in [0, 0.1) is 35.0 Å². The van der Waals surface area contributed by atoms with E-state index in [1.54, 1.807) is 7.11 Å². The highest BCUT2D eigenvalue weighted by atomic mass is 16.5. The molecule has 4 saturated carbocycles. The molecule has 1 aromatic rings. The number of hydrogen-bond acceptors (Lipinski definition) is 4. The van der Waals surface area contributed by atoms with Crippen molar-refractivity contribution in [2.24, 2.45) is 35.0 Å². The van der Waals surface area contributed by atoms with Crippen molar-refractivity contribution in [3.8, 4) is 5.75 Å². The third kappa shape index (κ3) is 2.88. The molecule has 9 atom stereocenters. The number of carbonyl (C=O) groups is 1. The molecule has 5 fully saturated rings. The number of carbonyl (C=O) groups excluding carboxylic acids is 1. The molecule has 1 aliphatic heterocycles. The van der Waals surface area contributed by atoms with Gasteiger partial charge >= 0.3 is 0 Å². The predicted octanol–water partition coefficient (Wildman–Crippen LogP) is 5.69. The molecule has 1 spiro atoms. The van der Waals surface area contributed by atoms with Gasteiger partial charge in [0.2, 0.25) is 0 Å². The topological polar surface area (TPSA) is 55.8 Å². The molecule has 1 N–H and O–H groups in total. The maximum atomic E-state index is 12.5. The van der Waals surface area contributed by atoms with Gasteiger partial charge in [0.05, 0.1) is 24.9 Å². The van der Waals surface area contributed by atoms with Crippen LogP contribution in [-0.2, 0) is 9.53 Å². The fourth-order valence-corrected chi connectivity index (χ4v) is 9.77. The van der Waals surface area contributed by atoms with E-state index in [1.165, 1.54) is 17.6 Å². The number of benzene rings is 1. The Hall–Kier alpha value is -1.65. The van der Waals surface area contributed by atoms with E-state index >= 15 is 0 Å². The number of methoxy groups -OCH3 is 1. The lowest BCUT2D eigenvalue weighted by molar-refractivity contribution is -0.197. The van der Waals surface area contributed by atoms with Crippen LogP contribution in [0.15, 0.2) is 36.4 Å². The van der Waals surface area contributed by atoms with Gasteiger partial charge in [-0.05, 0) is 97.3 Å². The zero-order chi connectivity index (χ0) is 23.9. The second-order valence-corrected chi connectivity index (χ2v) is 12.4. The first-order valence-electron chi connectivity index (χ1n) is 13.4. The van der Waals surface area contributed by atoms with Crippen LogP contribution >= 0.6 is 0 Å². The van der Waals surface area contributed by atoms with Gasteiger partial charge in [-0.2, -0.15) is 0 Å². The molecule has 0 aromatic heterocycles. The first kappa shape index (κ1) is 22.8. The molecule has 184 valence electrons. The molecule has 1 saturated heterocycles.